The lowest BCUT2D eigenvalue weighted by Crippen LogP contribution is -2.40. The van der Waals surface area contributed by atoms with Crippen LogP contribution in [0.25, 0.3) is 0 Å². The quantitative estimate of drug-likeness (QED) is 0.695. The average molecular weight is 200 g/mol. The van der Waals surface area contributed by atoms with E-state index in [1.165, 1.54) is 25.9 Å². The number of likely N-dealkylation sites (tertiary alicyclic amines) is 1. The lowest BCUT2D eigenvalue weighted by Gasteiger charge is -2.23. The highest BCUT2D eigenvalue weighted by Gasteiger charge is 2.22. The summed E-state index contributed by atoms with van der Waals surface area (Å²) in [7, 11) is 1.76. The van der Waals surface area contributed by atoms with Crippen LogP contribution in [0.4, 0.5) is 0 Å². The first-order valence-electron chi connectivity index (χ1n) is 5.75. The van der Waals surface area contributed by atoms with Gasteiger partial charge in [-0.15, -0.1) is 0 Å². The third-order valence-electron chi connectivity index (χ3n) is 3.12. The SMILES string of the molecule is CCN1CCC[C@H]1CNC[C@@H](C)OC. The molecule has 3 heteroatoms. The molecule has 1 rings (SSSR count). The minimum Gasteiger partial charge on any atom is -0.380 e. The Kier molecular flexibility index (Phi) is 5.45. The van der Waals surface area contributed by atoms with Crippen molar-refractivity contribution in [2.75, 3.05) is 33.3 Å². The van der Waals surface area contributed by atoms with E-state index in [9.17, 15) is 0 Å². The molecule has 0 aromatic carbocycles. The van der Waals surface area contributed by atoms with Crippen molar-refractivity contribution in [3.8, 4) is 0 Å². The first kappa shape index (κ1) is 12.0. The summed E-state index contributed by atoms with van der Waals surface area (Å²) >= 11 is 0. The molecule has 0 aromatic rings. The maximum absolute atomic E-state index is 5.19. The highest BCUT2D eigenvalue weighted by Crippen LogP contribution is 2.15. The smallest absolute Gasteiger partial charge is 0.0667 e. The summed E-state index contributed by atoms with van der Waals surface area (Å²) in [6.45, 7) is 8.89. The predicted molar refractivity (Wildman–Crippen MR) is 59.6 cm³/mol. The molecule has 1 aliphatic heterocycles. The van der Waals surface area contributed by atoms with Crippen LogP contribution >= 0.6 is 0 Å². The molecule has 0 radical (unpaired) electrons. The standard InChI is InChI=1S/C11H24N2O/c1-4-13-7-5-6-11(13)9-12-8-10(2)14-3/h10-12H,4-9H2,1-3H3/t10-,11+/m1/s1. The van der Waals surface area contributed by atoms with Gasteiger partial charge in [0.05, 0.1) is 6.10 Å². The van der Waals surface area contributed by atoms with Gasteiger partial charge in [-0.2, -0.15) is 0 Å². The first-order valence-corrected chi connectivity index (χ1v) is 5.75. The van der Waals surface area contributed by atoms with Gasteiger partial charge in [0.25, 0.3) is 0 Å². The van der Waals surface area contributed by atoms with Crippen LogP contribution in [0.3, 0.4) is 0 Å². The molecule has 1 heterocycles. The highest BCUT2D eigenvalue weighted by atomic mass is 16.5. The monoisotopic (exact) mass is 200 g/mol. The van der Waals surface area contributed by atoms with Crippen molar-refractivity contribution in [3.63, 3.8) is 0 Å². The van der Waals surface area contributed by atoms with E-state index in [4.69, 9.17) is 4.74 Å². The summed E-state index contributed by atoms with van der Waals surface area (Å²) < 4.78 is 5.19. The largest absolute Gasteiger partial charge is 0.380 e. The van der Waals surface area contributed by atoms with Gasteiger partial charge in [-0.05, 0) is 32.9 Å². The van der Waals surface area contributed by atoms with Gasteiger partial charge in [-0.3, -0.25) is 4.90 Å². The van der Waals surface area contributed by atoms with Crippen LogP contribution in [0.15, 0.2) is 0 Å². The van der Waals surface area contributed by atoms with E-state index in [2.05, 4.69) is 24.1 Å². The van der Waals surface area contributed by atoms with Crippen molar-refractivity contribution >= 4 is 0 Å². The number of ether oxygens (including phenoxy) is 1. The second-order valence-corrected chi connectivity index (χ2v) is 4.13. The topological polar surface area (TPSA) is 24.5 Å². The molecular formula is C11H24N2O. The molecule has 0 bridgehead atoms. The third-order valence-corrected chi connectivity index (χ3v) is 3.12. The van der Waals surface area contributed by atoms with E-state index in [1.54, 1.807) is 7.11 Å². The normalized spacial score (nSPS) is 25.5. The van der Waals surface area contributed by atoms with E-state index >= 15 is 0 Å². The number of hydrogen-bond donors (Lipinski definition) is 1. The second kappa shape index (κ2) is 6.38. The number of methoxy groups -OCH3 is 1. The van der Waals surface area contributed by atoms with E-state index in [0.29, 0.717) is 6.10 Å². The fourth-order valence-electron chi connectivity index (χ4n) is 2.08. The van der Waals surface area contributed by atoms with Gasteiger partial charge < -0.3 is 10.1 Å². The van der Waals surface area contributed by atoms with Crippen molar-refractivity contribution in [2.24, 2.45) is 0 Å². The van der Waals surface area contributed by atoms with Crippen molar-refractivity contribution in [1.82, 2.24) is 10.2 Å². The predicted octanol–water partition coefficient (Wildman–Crippen LogP) is 1.10. The summed E-state index contributed by atoms with van der Waals surface area (Å²) in [4.78, 5) is 2.56. The summed E-state index contributed by atoms with van der Waals surface area (Å²) in [6, 6.07) is 0.754. The lowest BCUT2D eigenvalue weighted by molar-refractivity contribution is 0.115. The average Bonchev–Trinajstić information content (AvgIpc) is 2.65. The van der Waals surface area contributed by atoms with E-state index in [0.717, 1.165) is 19.1 Å². The van der Waals surface area contributed by atoms with Gasteiger partial charge in [0.2, 0.25) is 0 Å². The van der Waals surface area contributed by atoms with Gasteiger partial charge in [-0.25, -0.2) is 0 Å². The molecule has 1 saturated heterocycles. The molecule has 84 valence electrons. The van der Waals surface area contributed by atoms with Crippen LogP contribution in [0.5, 0.6) is 0 Å². The molecule has 0 amide bonds. The summed E-state index contributed by atoms with van der Waals surface area (Å²) in [5.41, 5.74) is 0. The Bertz CT molecular complexity index is 152. The maximum Gasteiger partial charge on any atom is 0.0667 e. The zero-order chi connectivity index (χ0) is 10.4. The molecule has 2 atom stereocenters. The van der Waals surface area contributed by atoms with Crippen LogP contribution < -0.4 is 5.32 Å². The minimum atomic E-state index is 0.325. The Morgan fingerprint density at radius 2 is 2.36 bits per heavy atom. The number of rotatable bonds is 6. The Morgan fingerprint density at radius 3 is 3.00 bits per heavy atom. The molecular weight excluding hydrogens is 176 g/mol. The second-order valence-electron chi connectivity index (χ2n) is 4.13. The molecule has 0 aliphatic carbocycles. The molecule has 0 spiro atoms. The van der Waals surface area contributed by atoms with E-state index < -0.39 is 0 Å². The van der Waals surface area contributed by atoms with Crippen molar-refractivity contribution in [3.05, 3.63) is 0 Å². The Balaban J connectivity index is 2.11. The lowest BCUT2D eigenvalue weighted by atomic mass is 10.2. The van der Waals surface area contributed by atoms with Gasteiger partial charge in [-0.1, -0.05) is 6.92 Å². The van der Waals surface area contributed by atoms with E-state index in [1.807, 2.05) is 0 Å². The molecule has 0 unspecified atom stereocenters. The van der Waals surface area contributed by atoms with Gasteiger partial charge >= 0.3 is 0 Å². The van der Waals surface area contributed by atoms with Gasteiger partial charge in [0.1, 0.15) is 0 Å². The number of hydrogen-bond acceptors (Lipinski definition) is 3. The van der Waals surface area contributed by atoms with Crippen LogP contribution in [0, 0.1) is 0 Å². The molecule has 1 N–H and O–H groups in total. The first-order chi connectivity index (χ1) is 6.77. The zero-order valence-electron chi connectivity index (χ0n) is 9.75. The van der Waals surface area contributed by atoms with Crippen LogP contribution in [0.2, 0.25) is 0 Å². The molecule has 0 saturated carbocycles. The summed E-state index contributed by atoms with van der Waals surface area (Å²) in [5, 5.41) is 3.48. The number of nitrogens with one attached hydrogen (secondary N) is 1. The van der Waals surface area contributed by atoms with Crippen LogP contribution in [-0.2, 0) is 4.74 Å². The number of nitrogens with zero attached hydrogens (tertiary/aromatic N) is 1. The molecule has 1 fully saturated rings. The number of likely N-dealkylation sites (N-methyl/N-ethyl adjacent to an activating group) is 1. The van der Waals surface area contributed by atoms with Gasteiger partial charge in [0.15, 0.2) is 0 Å². The maximum atomic E-state index is 5.19. The van der Waals surface area contributed by atoms with Crippen molar-refractivity contribution in [1.29, 1.82) is 0 Å². The molecule has 14 heavy (non-hydrogen) atoms. The fraction of sp³-hybridized carbons (Fsp3) is 1.00. The summed E-state index contributed by atoms with van der Waals surface area (Å²) in [5.74, 6) is 0. The van der Waals surface area contributed by atoms with Crippen molar-refractivity contribution < 1.29 is 4.74 Å². The third kappa shape index (κ3) is 3.56. The Morgan fingerprint density at radius 1 is 1.57 bits per heavy atom. The Hall–Kier alpha value is -0.120. The Labute approximate surface area is 87.8 Å². The molecule has 3 nitrogen and oxygen atoms in total. The van der Waals surface area contributed by atoms with Crippen LogP contribution in [0.1, 0.15) is 26.7 Å². The van der Waals surface area contributed by atoms with Crippen molar-refractivity contribution in [2.45, 2.75) is 38.8 Å². The fourth-order valence-corrected chi connectivity index (χ4v) is 2.08. The van der Waals surface area contributed by atoms with E-state index in [-0.39, 0.29) is 0 Å². The van der Waals surface area contributed by atoms with Crippen LogP contribution in [-0.4, -0.2) is 50.3 Å². The van der Waals surface area contributed by atoms with Gasteiger partial charge in [0, 0.05) is 26.2 Å². The minimum absolute atomic E-state index is 0.325. The highest BCUT2D eigenvalue weighted by molar-refractivity contribution is 4.80. The zero-order valence-corrected chi connectivity index (χ0v) is 9.75. The molecule has 1 aliphatic rings. The summed E-state index contributed by atoms with van der Waals surface area (Å²) in [6.07, 6.45) is 3.04. The molecule has 0 aromatic heterocycles.